The monoisotopic (exact) mass is 246 g/mol. The minimum absolute atomic E-state index is 0.154. The average molecular weight is 246 g/mol. The number of hydrogen-bond acceptors (Lipinski definition) is 3. The third-order valence-electron chi connectivity index (χ3n) is 3.02. The van der Waals surface area contributed by atoms with E-state index in [9.17, 15) is 9.90 Å². The van der Waals surface area contributed by atoms with Gasteiger partial charge in [-0.2, -0.15) is 0 Å². The predicted octanol–water partition coefficient (Wildman–Crippen LogP) is 2.18. The third kappa shape index (κ3) is 9.12. The summed E-state index contributed by atoms with van der Waals surface area (Å²) in [6.45, 7) is 1.80. The Balaban J connectivity index is 3.67. The van der Waals surface area contributed by atoms with Crippen molar-refractivity contribution in [2.24, 2.45) is 5.92 Å². The highest BCUT2D eigenvalue weighted by molar-refractivity contribution is 5.69. The minimum atomic E-state index is -0.906. The van der Waals surface area contributed by atoms with Gasteiger partial charge >= 0.3 is 5.97 Å². The van der Waals surface area contributed by atoms with Crippen molar-refractivity contribution in [2.75, 3.05) is 6.61 Å². The van der Waals surface area contributed by atoms with E-state index in [1.54, 1.807) is 0 Å². The Morgan fingerprint density at radius 2 is 1.71 bits per heavy atom. The zero-order valence-corrected chi connectivity index (χ0v) is 10.8. The molecule has 3 N–H and O–H groups in total. The molecule has 2 atom stereocenters. The van der Waals surface area contributed by atoms with Crippen molar-refractivity contribution >= 4 is 5.97 Å². The fourth-order valence-electron chi connectivity index (χ4n) is 1.92. The van der Waals surface area contributed by atoms with Crippen molar-refractivity contribution in [1.82, 2.24) is 0 Å². The molecule has 0 aliphatic rings. The summed E-state index contributed by atoms with van der Waals surface area (Å²) in [6, 6.07) is 0. The minimum Gasteiger partial charge on any atom is -0.481 e. The summed E-state index contributed by atoms with van der Waals surface area (Å²) >= 11 is 0. The Hall–Kier alpha value is -0.610. The molecular weight excluding hydrogens is 220 g/mol. The molecule has 0 aliphatic heterocycles. The largest absolute Gasteiger partial charge is 0.481 e. The van der Waals surface area contributed by atoms with Crippen LogP contribution in [0.3, 0.4) is 0 Å². The quantitative estimate of drug-likeness (QED) is 0.488. The highest BCUT2D eigenvalue weighted by Gasteiger charge is 2.20. The Kier molecular flexibility index (Phi) is 10.2. The Morgan fingerprint density at radius 1 is 1.12 bits per heavy atom. The van der Waals surface area contributed by atoms with Gasteiger partial charge in [0.05, 0.1) is 18.6 Å². The maximum absolute atomic E-state index is 10.9. The SMILES string of the molecule is CCCCCCCCC(CC(O)CO)C(=O)O. The van der Waals surface area contributed by atoms with E-state index in [0.717, 1.165) is 19.3 Å². The van der Waals surface area contributed by atoms with Gasteiger partial charge in [-0.3, -0.25) is 4.79 Å². The lowest BCUT2D eigenvalue weighted by molar-refractivity contribution is -0.143. The van der Waals surface area contributed by atoms with Crippen molar-refractivity contribution in [2.45, 2.75) is 64.4 Å². The van der Waals surface area contributed by atoms with Crippen LogP contribution in [0.2, 0.25) is 0 Å². The van der Waals surface area contributed by atoms with E-state index in [0.29, 0.717) is 6.42 Å². The van der Waals surface area contributed by atoms with Crippen molar-refractivity contribution in [3.8, 4) is 0 Å². The van der Waals surface area contributed by atoms with E-state index >= 15 is 0 Å². The molecule has 0 rings (SSSR count). The van der Waals surface area contributed by atoms with Gasteiger partial charge in [0, 0.05) is 0 Å². The summed E-state index contributed by atoms with van der Waals surface area (Å²) in [5, 5.41) is 26.9. The van der Waals surface area contributed by atoms with Crippen molar-refractivity contribution in [1.29, 1.82) is 0 Å². The zero-order chi connectivity index (χ0) is 13.1. The Labute approximate surface area is 104 Å². The van der Waals surface area contributed by atoms with Gasteiger partial charge in [-0.05, 0) is 12.8 Å². The number of carboxylic acid groups (broad SMARTS) is 1. The molecule has 0 bridgehead atoms. The highest BCUT2D eigenvalue weighted by Crippen LogP contribution is 2.17. The first-order valence-corrected chi connectivity index (χ1v) is 6.63. The van der Waals surface area contributed by atoms with Gasteiger partial charge in [-0.25, -0.2) is 0 Å². The van der Waals surface area contributed by atoms with Crippen LogP contribution in [-0.4, -0.2) is 34.0 Å². The van der Waals surface area contributed by atoms with E-state index in [2.05, 4.69) is 6.92 Å². The molecule has 4 nitrogen and oxygen atoms in total. The summed E-state index contributed by atoms with van der Waals surface area (Å²) in [4.78, 5) is 10.9. The second kappa shape index (κ2) is 10.5. The number of rotatable bonds is 11. The second-order valence-corrected chi connectivity index (χ2v) is 4.66. The fraction of sp³-hybridized carbons (Fsp3) is 0.923. The van der Waals surface area contributed by atoms with Gasteiger partial charge in [-0.1, -0.05) is 45.4 Å². The maximum atomic E-state index is 10.9. The highest BCUT2D eigenvalue weighted by atomic mass is 16.4. The molecule has 2 unspecified atom stereocenters. The second-order valence-electron chi connectivity index (χ2n) is 4.66. The van der Waals surface area contributed by atoms with Crippen molar-refractivity contribution in [3.63, 3.8) is 0 Å². The van der Waals surface area contributed by atoms with Crippen LogP contribution in [-0.2, 0) is 4.79 Å². The summed E-state index contributed by atoms with van der Waals surface area (Å²) < 4.78 is 0. The number of carbonyl (C=O) groups is 1. The average Bonchev–Trinajstić information content (AvgIpc) is 2.31. The lowest BCUT2D eigenvalue weighted by atomic mass is 9.95. The molecule has 0 heterocycles. The van der Waals surface area contributed by atoms with Crippen molar-refractivity contribution < 1.29 is 20.1 Å². The van der Waals surface area contributed by atoms with Crippen LogP contribution < -0.4 is 0 Å². The molecule has 0 aliphatic carbocycles. The molecule has 0 fully saturated rings. The molecule has 4 heteroatoms. The molecule has 0 aromatic heterocycles. The van der Waals surface area contributed by atoms with Crippen LogP contribution >= 0.6 is 0 Å². The first kappa shape index (κ1) is 16.4. The van der Waals surface area contributed by atoms with Crippen molar-refractivity contribution in [3.05, 3.63) is 0 Å². The Bertz CT molecular complexity index is 194. The standard InChI is InChI=1S/C13H26O4/c1-2-3-4-5-6-7-8-11(13(16)17)9-12(15)10-14/h11-12,14-15H,2-10H2,1H3,(H,16,17). The van der Waals surface area contributed by atoms with E-state index < -0.39 is 18.0 Å². The fourth-order valence-corrected chi connectivity index (χ4v) is 1.92. The summed E-state index contributed by atoms with van der Waals surface area (Å²) in [5.74, 6) is -1.39. The van der Waals surface area contributed by atoms with E-state index in [1.807, 2.05) is 0 Å². The summed E-state index contributed by atoms with van der Waals surface area (Å²) in [5.41, 5.74) is 0. The smallest absolute Gasteiger partial charge is 0.306 e. The van der Waals surface area contributed by atoms with Crippen LogP contribution in [0.15, 0.2) is 0 Å². The molecule has 0 aromatic rings. The number of hydrogen-bond donors (Lipinski definition) is 3. The van der Waals surface area contributed by atoms with Gasteiger partial charge in [0.15, 0.2) is 0 Å². The van der Waals surface area contributed by atoms with Crippen LogP contribution in [0.4, 0.5) is 0 Å². The van der Waals surface area contributed by atoms with E-state index in [4.69, 9.17) is 10.2 Å². The normalized spacial score (nSPS) is 14.5. The molecule has 0 aromatic carbocycles. The van der Waals surface area contributed by atoms with Gasteiger partial charge in [0.25, 0.3) is 0 Å². The molecule has 17 heavy (non-hydrogen) atoms. The molecule has 0 saturated carbocycles. The van der Waals surface area contributed by atoms with Crippen LogP contribution in [0.5, 0.6) is 0 Å². The summed E-state index contributed by atoms with van der Waals surface area (Å²) in [7, 11) is 0. The number of aliphatic hydroxyl groups is 2. The number of aliphatic carboxylic acids is 1. The molecule has 0 spiro atoms. The first-order chi connectivity index (χ1) is 8.11. The van der Waals surface area contributed by atoms with Crippen LogP contribution in [0.1, 0.15) is 58.3 Å². The predicted molar refractivity (Wildman–Crippen MR) is 66.8 cm³/mol. The summed E-state index contributed by atoms with van der Waals surface area (Å²) in [6.07, 6.45) is 6.61. The number of carboxylic acids is 1. The number of aliphatic hydroxyl groups excluding tert-OH is 2. The van der Waals surface area contributed by atoms with E-state index in [-0.39, 0.29) is 13.0 Å². The molecule has 0 amide bonds. The van der Waals surface area contributed by atoms with Crippen LogP contribution in [0, 0.1) is 5.92 Å². The van der Waals surface area contributed by atoms with Gasteiger partial charge in [0.2, 0.25) is 0 Å². The van der Waals surface area contributed by atoms with Gasteiger partial charge in [-0.15, -0.1) is 0 Å². The topological polar surface area (TPSA) is 77.8 Å². The maximum Gasteiger partial charge on any atom is 0.306 e. The molecule has 0 saturated heterocycles. The zero-order valence-electron chi connectivity index (χ0n) is 10.8. The lowest BCUT2D eigenvalue weighted by Crippen LogP contribution is -2.23. The molecular formula is C13H26O4. The van der Waals surface area contributed by atoms with Crippen LogP contribution in [0.25, 0.3) is 0 Å². The molecule has 102 valence electrons. The van der Waals surface area contributed by atoms with Gasteiger partial charge < -0.3 is 15.3 Å². The Morgan fingerprint density at radius 3 is 2.24 bits per heavy atom. The first-order valence-electron chi connectivity index (χ1n) is 6.63. The van der Waals surface area contributed by atoms with Gasteiger partial charge in [0.1, 0.15) is 0 Å². The number of unbranched alkanes of at least 4 members (excludes halogenated alkanes) is 5. The lowest BCUT2D eigenvalue weighted by Gasteiger charge is -2.15. The third-order valence-corrected chi connectivity index (χ3v) is 3.02. The molecule has 0 radical (unpaired) electrons. The van der Waals surface area contributed by atoms with E-state index in [1.165, 1.54) is 19.3 Å².